The lowest BCUT2D eigenvalue weighted by Crippen LogP contribution is -2.32. The molecule has 0 aliphatic heterocycles. The highest BCUT2D eigenvalue weighted by Gasteiger charge is 2.09. The first-order valence-corrected chi connectivity index (χ1v) is 5.12. The minimum atomic E-state index is -0.279. The van der Waals surface area contributed by atoms with E-state index in [1.807, 2.05) is 13.8 Å². The largest absolute Gasteiger partial charge is 0.382 e. The summed E-state index contributed by atoms with van der Waals surface area (Å²) in [6.45, 7) is 4.86. The summed E-state index contributed by atoms with van der Waals surface area (Å²) < 4.78 is 5.28. The van der Waals surface area contributed by atoms with Crippen molar-refractivity contribution in [2.75, 3.05) is 18.9 Å². The lowest BCUT2D eigenvalue weighted by atomic mass is 10.3. The van der Waals surface area contributed by atoms with Gasteiger partial charge in [-0.15, -0.1) is 10.2 Å². The maximum Gasteiger partial charge on any atom is 0.271 e. The van der Waals surface area contributed by atoms with Gasteiger partial charge in [0.05, 0.1) is 6.10 Å². The summed E-state index contributed by atoms with van der Waals surface area (Å²) >= 11 is 0. The number of nitrogens with one attached hydrogen (secondary N) is 1. The molecule has 6 heteroatoms. The first kappa shape index (κ1) is 12.4. The predicted molar refractivity (Wildman–Crippen MR) is 59.9 cm³/mol. The molecule has 0 aromatic carbocycles. The van der Waals surface area contributed by atoms with Gasteiger partial charge in [0.1, 0.15) is 5.82 Å². The van der Waals surface area contributed by atoms with Crippen LogP contribution in [0.25, 0.3) is 0 Å². The van der Waals surface area contributed by atoms with Gasteiger partial charge in [-0.3, -0.25) is 4.79 Å². The molecule has 16 heavy (non-hydrogen) atoms. The summed E-state index contributed by atoms with van der Waals surface area (Å²) in [6, 6.07) is 3.07. The topological polar surface area (TPSA) is 90.1 Å². The van der Waals surface area contributed by atoms with Crippen LogP contribution in [0.2, 0.25) is 0 Å². The van der Waals surface area contributed by atoms with Crippen molar-refractivity contribution in [2.24, 2.45) is 0 Å². The molecule has 1 heterocycles. The number of nitrogens with zero attached hydrogens (tertiary/aromatic N) is 2. The molecule has 1 unspecified atom stereocenters. The number of rotatable bonds is 5. The summed E-state index contributed by atoms with van der Waals surface area (Å²) in [5.41, 5.74) is 5.61. The molecule has 0 aliphatic carbocycles. The monoisotopic (exact) mass is 224 g/mol. The fourth-order valence-corrected chi connectivity index (χ4v) is 1.13. The summed E-state index contributed by atoms with van der Waals surface area (Å²) in [5.74, 6) is 0.0123. The average Bonchev–Trinajstić information content (AvgIpc) is 2.27. The smallest absolute Gasteiger partial charge is 0.271 e. The highest BCUT2D eigenvalue weighted by atomic mass is 16.5. The number of amides is 1. The Morgan fingerprint density at radius 2 is 2.31 bits per heavy atom. The Morgan fingerprint density at radius 3 is 2.88 bits per heavy atom. The normalized spacial score (nSPS) is 12.1. The van der Waals surface area contributed by atoms with Crippen LogP contribution in [-0.4, -0.2) is 35.4 Å². The number of hydrogen-bond acceptors (Lipinski definition) is 5. The zero-order valence-electron chi connectivity index (χ0n) is 9.43. The molecule has 1 atom stereocenters. The van der Waals surface area contributed by atoms with Crippen molar-refractivity contribution in [3.05, 3.63) is 17.8 Å². The molecular formula is C10H16N4O2. The van der Waals surface area contributed by atoms with Crippen molar-refractivity contribution in [1.29, 1.82) is 0 Å². The third-order valence-electron chi connectivity index (χ3n) is 1.92. The molecule has 0 saturated heterocycles. The van der Waals surface area contributed by atoms with Gasteiger partial charge in [-0.05, 0) is 26.0 Å². The van der Waals surface area contributed by atoms with E-state index in [2.05, 4.69) is 15.5 Å². The molecule has 1 amide bonds. The van der Waals surface area contributed by atoms with Crippen molar-refractivity contribution in [2.45, 2.75) is 20.0 Å². The second-order valence-corrected chi connectivity index (χ2v) is 3.32. The number of ether oxygens (including phenoxy) is 1. The highest BCUT2D eigenvalue weighted by molar-refractivity contribution is 5.92. The SMILES string of the molecule is CCOC(C)CNC(=O)c1ccc(N)nn1. The quantitative estimate of drug-likeness (QED) is 0.746. The summed E-state index contributed by atoms with van der Waals surface area (Å²) in [6.07, 6.45) is -0.0179. The Labute approximate surface area is 94.2 Å². The summed E-state index contributed by atoms with van der Waals surface area (Å²) in [5, 5.41) is 9.97. The van der Waals surface area contributed by atoms with Gasteiger partial charge >= 0.3 is 0 Å². The van der Waals surface area contributed by atoms with Gasteiger partial charge in [-0.2, -0.15) is 0 Å². The van der Waals surface area contributed by atoms with Crippen molar-refractivity contribution in [1.82, 2.24) is 15.5 Å². The maximum absolute atomic E-state index is 11.6. The van der Waals surface area contributed by atoms with Crippen molar-refractivity contribution < 1.29 is 9.53 Å². The number of aromatic nitrogens is 2. The van der Waals surface area contributed by atoms with Crippen LogP contribution in [0.15, 0.2) is 12.1 Å². The van der Waals surface area contributed by atoms with Crippen molar-refractivity contribution in [3.63, 3.8) is 0 Å². The fraction of sp³-hybridized carbons (Fsp3) is 0.500. The third-order valence-corrected chi connectivity index (χ3v) is 1.92. The zero-order valence-corrected chi connectivity index (χ0v) is 9.43. The van der Waals surface area contributed by atoms with E-state index in [9.17, 15) is 4.79 Å². The molecule has 0 fully saturated rings. The van der Waals surface area contributed by atoms with Crippen LogP contribution in [0, 0.1) is 0 Å². The van der Waals surface area contributed by atoms with E-state index < -0.39 is 0 Å². The number of hydrogen-bond donors (Lipinski definition) is 2. The first-order valence-electron chi connectivity index (χ1n) is 5.12. The second-order valence-electron chi connectivity index (χ2n) is 3.32. The molecule has 1 aromatic heterocycles. The van der Waals surface area contributed by atoms with E-state index in [0.29, 0.717) is 19.0 Å². The number of carbonyl (C=O) groups is 1. The zero-order chi connectivity index (χ0) is 12.0. The van der Waals surface area contributed by atoms with Gasteiger partial charge in [0.2, 0.25) is 0 Å². The lowest BCUT2D eigenvalue weighted by molar-refractivity contribution is 0.0693. The molecule has 0 radical (unpaired) electrons. The minimum absolute atomic E-state index is 0.0179. The van der Waals surface area contributed by atoms with Gasteiger partial charge in [0, 0.05) is 13.2 Å². The van der Waals surface area contributed by atoms with E-state index >= 15 is 0 Å². The van der Waals surface area contributed by atoms with E-state index in [1.54, 1.807) is 0 Å². The average molecular weight is 224 g/mol. The summed E-state index contributed by atoms with van der Waals surface area (Å²) in [4.78, 5) is 11.6. The molecule has 0 saturated carbocycles. The molecule has 88 valence electrons. The van der Waals surface area contributed by atoms with Crippen molar-refractivity contribution >= 4 is 11.7 Å². The molecule has 1 rings (SSSR count). The van der Waals surface area contributed by atoms with Crippen LogP contribution in [0.3, 0.4) is 0 Å². The van der Waals surface area contributed by atoms with Crippen LogP contribution in [0.5, 0.6) is 0 Å². The van der Waals surface area contributed by atoms with Crippen LogP contribution in [0.4, 0.5) is 5.82 Å². The Kier molecular flexibility index (Phi) is 4.65. The van der Waals surface area contributed by atoms with Crippen LogP contribution in [0.1, 0.15) is 24.3 Å². The molecular weight excluding hydrogens is 208 g/mol. The van der Waals surface area contributed by atoms with Crippen LogP contribution in [-0.2, 0) is 4.74 Å². The van der Waals surface area contributed by atoms with Gasteiger partial charge in [0.15, 0.2) is 5.69 Å². The number of carbonyl (C=O) groups excluding carboxylic acids is 1. The van der Waals surface area contributed by atoms with Crippen LogP contribution < -0.4 is 11.1 Å². The molecule has 1 aromatic rings. The molecule has 0 bridgehead atoms. The standard InChI is InChI=1S/C10H16N4O2/c1-3-16-7(2)6-12-10(15)8-4-5-9(11)14-13-8/h4-5,7H,3,6H2,1-2H3,(H2,11,14)(H,12,15). The number of nitrogen functional groups attached to an aromatic ring is 1. The Hall–Kier alpha value is -1.69. The molecule has 0 aliphatic rings. The first-order chi connectivity index (χ1) is 7.63. The van der Waals surface area contributed by atoms with Gasteiger partial charge in [0.25, 0.3) is 5.91 Å². The van der Waals surface area contributed by atoms with Crippen molar-refractivity contribution in [3.8, 4) is 0 Å². The molecule has 0 spiro atoms. The van der Waals surface area contributed by atoms with E-state index in [-0.39, 0.29) is 17.7 Å². The van der Waals surface area contributed by atoms with Gasteiger partial charge in [-0.1, -0.05) is 0 Å². The van der Waals surface area contributed by atoms with Gasteiger partial charge in [-0.25, -0.2) is 0 Å². The third kappa shape index (κ3) is 3.82. The second kappa shape index (κ2) is 6.02. The Morgan fingerprint density at radius 1 is 1.56 bits per heavy atom. The molecule has 3 N–H and O–H groups in total. The lowest BCUT2D eigenvalue weighted by Gasteiger charge is -2.11. The summed E-state index contributed by atoms with van der Waals surface area (Å²) in [7, 11) is 0. The van der Waals surface area contributed by atoms with E-state index in [4.69, 9.17) is 10.5 Å². The number of nitrogens with two attached hydrogens (primary N) is 1. The molecule has 6 nitrogen and oxygen atoms in total. The Balaban J connectivity index is 2.43. The minimum Gasteiger partial charge on any atom is -0.382 e. The van der Waals surface area contributed by atoms with E-state index in [1.165, 1.54) is 12.1 Å². The Bertz CT molecular complexity index is 339. The van der Waals surface area contributed by atoms with Gasteiger partial charge < -0.3 is 15.8 Å². The number of anilines is 1. The predicted octanol–water partition coefficient (Wildman–Crippen LogP) is 0.214. The highest BCUT2D eigenvalue weighted by Crippen LogP contribution is 1.97. The maximum atomic E-state index is 11.6. The van der Waals surface area contributed by atoms with Crippen LogP contribution >= 0.6 is 0 Å². The van der Waals surface area contributed by atoms with E-state index in [0.717, 1.165) is 0 Å². The fourth-order valence-electron chi connectivity index (χ4n) is 1.13.